The molecule has 32 heavy (non-hydrogen) atoms. The molecule has 4 aliphatic carbocycles. The van der Waals surface area contributed by atoms with E-state index < -0.39 is 17.0 Å². The largest absolute Gasteiger partial charge is 0.393 e. The van der Waals surface area contributed by atoms with Crippen LogP contribution in [0.5, 0.6) is 0 Å². The van der Waals surface area contributed by atoms with Crippen LogP contribution in [0.15, 0.2) is 11.6 Å². The van der Waals surface area contributed by atoms with Gasteiger partial charge >= 0.3 is 0 Å². The van der Waals surface area contributed by atoms with E-state index in [2.05, 4.69) is 20.8 Å². The van der Waals surface area contributed by atoms with Gasteiger partial charge < -0.3 is 19.7 Å². The summed E-state index contributed by atoms with van der Waals surface area (Å²) in [6, 6.07) is 0. The Morgan fingerprint density at radius 1 is 1.06 bits per heavy atom. The zero-order chi connectivity index (χ0) is 22.7. The van der Waals surface area contributed by atoms with E-state index in [0.29, 0.717) is 30.0 Å². The van der Waals surface area contributed by atoms with Crippen LogP contribution in [0.4, 0.5) is 0 Å². The van der Waals surface area contributed by atoms with Gasteiger partial charge in [0, 0.05) is 24.2 Å². The van der Waals surface area contributed by atoms with Crippen LogP contribution in [0, 0.1) is 34.5 Å². The summed E-state index contributed by atoms with van der Waals surface area (Å²) in [6.07, 6.45) is 10.1. The third-order valence-electron chi connectivity index (χ3n) is 11.6. The first kappa shape index (κ1) is 21.8. The van der Waals surface area contributed by atoms with Crippen molar-refractivity contribution in [1.82, 2.24) is 0 Å². The van der Waals surface area contributed by atoms with Crippen LogP contribution in [-0.4, -0.2) is 45.7 Å². The molecule has 0 radical (unpaired) electrons. The van der Waals surface area contributed by atoms with E-state index in [-0.39, 0.29) is 29.5 Å². The molecule has 0 aromatic heterocycles. The van der Waals surface area contributed by atoms with Gasteiger partial charge in [-0.3, -0.25) is 4.79 Å². The normalized spacial score (nSPS) is 58.9. The minimum absolute atomic E-state index is 0.0193. The number of hydrogen-bond acceptors (Lipinski definition) is 5. The van der Waals surface area contributed by atoms with Gasteiger partial charge in [0.2, 0.25) is 0 Å². The van der Waals surface area contributed by atoms with Crippen LogP contribution in [-0.2, 0) is 14.3 Å². The molecule has 2 saturated heterocycles. The minimum Gasteiger partial charge on any atom is -0.393 e. The third-order valence-corrected chi connectivity index (χ3v) is 11.6. The molecule has 3 saturated carbocycles. The van der Waals surface area contributed by atoms with Gasteiger partial charge in [-0.15, -0.1) is 0 Å². The van der Waals surface area contributed by atoms with Crippen LogP contribution in [0.3, 0.4) is 0 Å². The molecular weight excluding hydrogens is 404 g/mol. The topological polar surface area (TPSA) is 76.0 Å². The lowest BCUT2D eigenvalue weighted by molar-refractivity contribution is -0.264. The summed E-state index contributed by atoms with van der Waals surface area (Å²) >= 11 is 0. The summed E-state index contributed by atoms with van der Waals surface area (Å²) in [5, 5.41) is 22.3. The number of aliphatic hydroxyl groups excluding tert-OH is 1. The molecule has 10 atom stereocenters. The van der Waals surface area contributed by atoms with Gasteiger partial charge in [0.25, 0.3) is 0 Å². The molecule has 2 aliphatic heterocycles. The zero-order valence-electron chi connectivity index (χ0n) is 20.2. The first-order chi connectivity index (χ1) is 15.0. The molecule has 0 unspecified atom stereocenters. The molecule has 5 heteroatoms. The van der Waals surface area contributed by atoms with E-state index in [1.165, 1.54) is 5.57 Å². The molecule has 0 aromatic rings. The fourth-order valence-corrected chi connectivity index (χ4v) is 9.64. The second-order valence-electron chi connectivity index (χ2n) is 12.8. The van der Waals surface area contributed by atoms with Crippen molar-refractivity contribution < 1.29 is 24.5 Å². The maximum absolute atomic E-state index is 12.4. The molecule has 0 bridgehead atoms. The van der Waals surface area contributed by atoms with Crippen molar-refractivity contribution >= 4 is 5.78 Å². The number of rotatable bonds is 1. The first-order valence-corrected chi connectivity index (χ1v) is 13.0. The molecular formula is C27H40O5. The maximum atomic E-state index is 12.4. The van der Waals surface area contributed by atoms with Crippen molar-refractivity contribution in [2.24, 2.45) is 34.5 Å². The summed E-state index contributed by atoms with van der Waals surface area (Å²) in [7, 11) is 0. The smallest absolute Gasteiger partial charge is 0.175 e. The first-order valence-electron chi connectivity index (χ1n) is 13.0. The number of carbonyl (C=O) groups is 1. The molecule has 1 spiro atoms. The van der Waals surface area contributed by atoms with Gasteiger partial charge in [-0.2, -0.15) is 0 Å². The van der Waals surface area contributed by atoms with E-state index in [1.807, 2.05) is 13.0 Å². The monoisotopic (exact) mass is 444 g/mol. The van der Waals surface area contributed by atoms with Crippen molar-refractivity contribution in [3.8, 4) is 0 Å². The Kier molecular flexibility index (Phi) is 4.40. The highest BCUT2D eigenvalue weighted by Crippen LogP contribution is 2.72. The van der Waals surface area contributed by atoms with Gasteiger partial charge in [-0.25, -0.2) is 0 Å². The Hall–Kier alpha value is -0.750. The second-order valence-corrected chi connectivity index (χ2v) is 12.8. The van der Waals surface area contributed by atoms with Crippen LogP contribution >= 0.6 is 0 Å². The Balaban J connectivity index is 1.32. The molecule has 5 fully saturated rings. The number of hydrogen-bond donors (Lipinski definition) is 2. The quantitative estimate of drug-likeness (QED) is 0.635. The van der Waals surface area contributed by atoms with Crippen LogP contribution in [0.25, 0.3) is 0 Å². The number of ether oxygens (including phenoxy) is 2. The summed E-state index contributed by atoms with van der Waals surface area (Å²) in [5.74, 6) is 1.03. The zero-order valence-corrected chi connectivity index (χ0v) is 20.2. The highest BCUT2D eigenvalue weighted by molar-refractivity contribution is 5.91. The van der Waals surface area contributed by atoms with Gasteiger partial charge in [0.1, 0.15) is 5.60 Å². The molecule has 178 valence electrons. The van der Waals surface area contributed by atoms with Crippen LogP contribution in [0.1, 0.15) is 85.5 Å². The lowest BCUT2D eigenvalue weighted by Gasteiger charge is -2.59. The van der Waals surface area contributed by atoms with E-state index in [4.69, 9.17) is 9.47 Å². The molecule has 2 heterocycles. The minimum atomic E-state index is -0.900. The summed E-state index contributed by atoms with van der Waals surface area (Å²) in [6.45, 7) is 8.79. The lowest BCUT2D eigenvalue weighted by atomic mass is 9.45. The Morgan fingerprint density at radius 3 is 2.56 bits per heavy atom. The average Bonchev–Trinajstić information content (AvgIpc) is 3.30. The molecule has 6 rings (SSSR count). The lowest BCUT2D eigenvalue weighted by Crippen LogP contribution is -2.59. The van der Waals surface area contributed by atoms with E-state index in [0.717, 1.165) is 51.4 Å². The summed E-state index contributed by atoms with van der Waals surface area (Å²) in [4.78, 5) is 12.1. The molecule has 5 nitrogen and oxygen atoms in total. The van der Waals surface area contributed by atoms with Gasteiger partial charge in [-0.1, -0.05) is 26.3 Å². The van der Waals surface area contributed by atoms with E-state index in [9.17, 15) is 15.0 Å². The number of aliphatic hydroxyl groups is 2. The highest BCUT2D eigenvalue weighted by Gasteiger charge is 2.77. The van der Waals surface area contributed by atoms with E-state index in [1.54, 1.807) is 0 Å². The predicted octanol–water partition coefficient (Wildman–Crippen LogP) is 4.15. The van der Waals surface area contributed by atoms with Crippen LogP contribution < -0.4 is 0 Å². The fourth-order valence-electron chi connectivity index (χ4n) is 9.64. The highest BCUT2D eigenvalue weighted by atomic mass is 16.7. The Bertz CT molecular complexity index is 883. The van der Waals surface area contributed by atoms with Crippen molar-refractivity contribution in [1.29, 1.82) is 0 Å². The van der Waals surface area contributed by atoms with Crippen LogP contribution in [0.2, 0.25) is 0 Å². The van der Waals surface area contributed by atoms with Gasteiger partial charge in [0.15, 0.2) is 11.6 Å². The average molecular weight is 445 g/mol. The number of fused-ring (bicyclic) bond motifs is 7. The number of carbonyl (C=O) groups excluding carboxylic acids is 1. The summed E-state index contributed by atoms with van der Waals surface area (Å²) < 4.78 is 13.1. The Labute approximate surface area is 191 Å². The van der Waals surface area contributed by atoms with Crippen molar-refractivity contribution in [3.05, 3.63) is 11.6 Å². The van der Waals surface area contributed by atoms with Gasteiger partial charge in [0.05, 0.1) is 18.3 Å². The molecule has 0 aromatic carbocycles. The molecule has 2 N–H and O–H groups in total. The number of allylic oxidation sites excluding steroid dienone is 1. The van der Waals surface area contributed by atoms with Gasteiger partial charge in [-0.05, 0) is 81.1 Å². The van der Waals surface area contributed by atoms with Crippen molar-refractivity contribution in [3.63, 3.8) is 0 Å². The third kappa shape index (κ3) is 2.42. The standard InChI is InChI=1S/C27H40O5/c1-16-26(12-11-23(2,15-28)32-26)31-22-14-21-19-6-5-17-13-18(29)7-9-24(17,3)20(19)8-10-25(21,4)27(16,22)30/h13,16,19-22,28,30H,5-12,14-15H2,1-4H3/t16-,19-,20+,21+,22+,23+,24+,25+,26+,27-/m1/s1. The number of ketones is 1. The summed E-state index contributed by atoms with van der Waals surface area (Å²) in [5.41, 5.74) is -0.139. The second kappa shape index (κ2) is 6.47. The molecule has 6 aliphatic rings. The Morgan fingerprint density at radius 2 is 1.84 bits per heavy atom. The van der Waals surface area contributed by atoms with Crippen molar-refractivity contribution in [2.45, 2.75) is 109 Å². The maximum Gasteiger partial charge on any atom is 0.175 e. The fraction of sp³-hybridized carbons (Fsp3) is 0.889. The predicted molar refractivity (Wildman–Crippen MR) is 120 cm³/mol. The van der Waals surface area contributed by atoms with E-state index >= 15 is 0 Å². The molecule has 0 amide bonds. The van der Waals surface area contributed by atoms with Crippen molar-refractivity contribution in [2.75, 3.05) is 6.61 Å². The SMILES string of the molecule is C[C@@H]1[C@@]2(CC[C@@](C)(CO)O2)O[C@H]2C[C@H]3[C@@H]4CCC5=CC(=O)CC[C@]5(C)[C@H]4CC[C@]3(C)[C@]21O.